The van der Waals surface area contributed by atoms with Crippen LogP contribution in [0.25, 0.3) is 0 Å². The Balaban J connectivity index is 1.98. The fourth-order valence-corrected chi connectivity index (χ4v) is 3.01. The summed E-state index contributed by atoms with van der Waals surface area (Å²) >= 11 is 0. The van der Waals surface area contributed by atoms with E-state index in [0.717, 1.165) is 17.4 Å². The number of sulfonamides is 1. The zero-order chi connectivity index (χ0) is 19.4. The fourth-order valence-electron chi connectivity index (χ4n) is 2.51. The Morgan fingerprint density at radius 3 is 2.04 bits per heavy atom. The molecule has 3 N–H and O–H groups in total. The molecule has 0 bridgehead atoms. The molecule has 0 aliphatic rings. The molecule has 0 fully saturated rings. The molecule has 0 radical (unpaired) electrons. The SMILES string of the molecule is CC(C)(c1ccc(O)cc1)c1ccc(OCC(O)CNS(C)(=O)=O)cc1. The first-order valence-corrected chi connectivity index (χ1v) is 10.1. The third kappa shape index (κ3) is 5.72. The summed E-state index contributed by atoms with van der Waals surface area (Å²) in [5.41, 5.74) is 1.91. The van der Waals surface area contributed by atoms with Gasteiger partial charge in [-0.05, 0) is 35.4 Å². The van der Waals surface area contributed by atoms with Crippen LogP contribution in [0.5, 0.6) is 11.5 Å². The number of phenolic OH excluding ortho intramolecular Hbond substituents is 1. The minimum absolute atomic E-state index is 0.0107. The molecular formula is C19H25NO5S. The molecule has 26 heavy (non-hydrogen) atoms. The van der Waals surface area contributed by atoms with E-state index in [1.165, 1.54) is 0 Å². The van der Waals surface area contributed by atoms with E-state index in [0.29, 0.717) is 5.75 Å². The highest BCUT2D eigenvalue weighted by Crippen LogP contribution is 2.33. The van der Waals surface area contributed by atoms with Crippen molar-refractivity contribution in [3.05, 3.63) is 59.7 Å². The van der Waals surface area contributed by atoms with E-state index in [1.807, 2.05) is 36.4 Å². The Morgan fingerprint density at radius 1 is 1.04 bits per heavy atom. The molecule has 0 saturated carbocycles. The first kappa shape index (κ1) is 20.2. The summed E-state index contributed by atoms with van der Waals surface area (Å²) in [6.45, 7) is 4.08. The number of aromatic hydroxyl groups is 1. The average Bonchev–Trinajstić information content (AvgIpc) is 2.58. The van der Waals surface area contributed by atoms with Gasteiger partial charge in [0.05, 0.1) is 6.26 Å². The van der Waals surface area contributed by atoms with Crippen LogP contribution >= 0.6 is 0 Å². The van der Waals surface area contributed by atoms with E-state index in [9.17, 15) is 18.6 Å². The van der Waals surface area contributed by atoms with Crippen LogP contribution in [0.3, 0.4) is 0 Å². The Kier molecular flexibility index (Phi) is 6.28. The Hall–Kier alpha value is -2.09. The molecule has 0 saturated heterocycles. The third-order valence-corrected chi connectivity index (χ3v) is 4.88. The Morgan fingerprint density at radius 2 is 1.54 bits per heavy atom. The number of rotatable bonds is 8. The first-order chi connectivity index (χ1) is 12.1. The number of hydrogen-bond acceptors (Lipinski definition) is 5. The number of benzene rings is 2. The maximum absolute atomic E-state index is 11.0. The zero-order valence-corrected chi connectivity index (χ0v) is 16.0. The quantitative estimate of drug-likeness (QED) is 0.652. The summed E-state index contributed by atoms with van der Waals surface area (Å²) in [5, 5.41) is 19.2. The largest absolute Gasteiger partial charge is 0.508 e. The molecule has 0 aliphatic carbocycles. The summed E-state index contributed by atoms with van der Waals surface area (Å²) in [6, 6.07) is 14.6. The molecule has 0 aliphatic heterocycles. The van der Waals surface area contributed by atoms with Crippen LogP contribution in [-0.4, -0.2) is 44.1 Å². The molecule has 0 spiro atoms. The number of aliphatic hydroxyl groups excluding tert-OH is 1. The minimum atomic E-state index is -3.33. The van der Waals surface area contributed by atoms with Crippen molar-refractivity contribution in [2.24, 2.45) is 0 Å². The Labute approximate surface area is 154 Å². The molecule has 2 rings (SSSR count). The number of hydrogen-bond donors (Lipinski definition) is 3. The summed E-state index contributed by atoms with van der Waals surface area (Å²) in [5.74, 6) is 0.825. The predicted octanol–water partition coefficient (Wildman–Crippen LogP) is 2.01. The van der Waals surface area contributed by atoms with Crippen LogP contribution in [0.2, 0.25) is 0 Å². The van der Waals surface area contributed by atoms with Crippen LogP contribution < -0.4 is 9.46 Å². The molecule has 0 amide bonds. The smallest absolute Gasteiger partial charge is 0.208 e. The highest BCUT2D eigenvalue weighted by molar-refractivity contribution is 7.88. The lowest BCUT2D eigenvalue weighted by Gasteiger charge is -2.26. The molecule has 2 aromatic carbocycles. The van der Waals surface area contributed by atoms with Crippen molar-refractivity contribution in [1.29, 1.82) is 0 Å². The number of phenols is 1. The zero-order valence-electron chi connectivity index (χ0n) is 15.1. The first-order valence-electron chi connectivity index (χ1n) is 8.23. The molecule has 2 aromatic rings. The summed E-state index contributed by atoms with van der Waals surface area (Å²) in [6.07, 6.45) is 0.104. The van der Waals surface area contributed by atoms with Crippen molar-refractivity contribution in [2.75, 3.05) is 19.4 Å². The number of ether oxygens (including phenoxy) is 1. The van der Waals surface area contributed by atoms with Gasteiger partial charge in [-0.15, -0.1) is 0 Å². The predicted molar refractivity (Wildman–Crippen MR) is 101 cm³/mol. The maximum atomic E-state index is 11.0. The Bertz CT molecular complexity index is 814. The minimum Gasteiger partial charge on any atom is -0.508 e. The van der Waals surface area contributed by atoms with Gasteiger partial charge in [-0.2, -0.15) is 0 Å². The summed E-state index contributed by atoms with van der Waals surface area (Å²) < 4.78 is 29.7. The second-order valence-corrected chi connectivity index (χ2v) is 8.61. The van der Waals surface area contributed by atoms with Crippen LogP contribution in [0.4, 0.5) is 0 Å². The van der Waals surface area contributed by atoms with Gasteiger partial charge in [-0.25, -0.2) is 13.1 Å². The molecule has 6 nitrogen and oxygen atoms in total. The number of aliphatic hydroxyl groups is 1. The van der Waals surface area contributed by atoms with Gasteiger partial charge >= 0.3 is 0 Å². The van der Waals surface area contributed by atoms with Crippen molar-refractivity contribution in [3.8, 4) is 11.5 Å². The summed E-state index contributed by atoms with van der Waals surface area (Å²) in [4.78, 5) is 0. The van der Waals surface area contributed by atoms with E-state index >= 15 is 0 Å². The van der Waals surface area contributed by atoms with E-state index in [4.69, 9.17) is 4.74 Å². The highest BCUT2D eigenvalue weighted by Gasteiger charge is 2.23. The molecular weight excluding hydrogens is 354 g/mol. The van der Waals surface area contributed by atoms with Crippen molar-refractivity contribution in [1.82, 2.24) is 4.72 Å². The normalized spacial score (nSPS) is 13.4. The highest BCUT2D eigenvalue weighted by atomic mass is 32.2. The van der Waals surface area contributed by atoms with Gasteiger partial charge < -0.3 is 14.9 Å². The fraction of sp³-hybridized carbons (Fsp3) is 0.368. The van der Waals surface area contributed by atoms with Crippen molar-refractivity contribution in [2.45, 2.75) is 25.4 Å². The van der Waals surface area contributed by atoms with E-state index in [-0.39, 0.29) is 24.3 Å². The topological polar surface area (TPSA) is 95.9 Å². The van der Waals surface area contributed by atoms with Gasteiger partial charge in [0.25, 0.3) is 0 Å². The van der Waals surface area contributed by atoms with Crippen LogP contribution in [0, 0.1) is 0 Å². The van der Waals surface area contributed by atoms with Crippen molar-refractivity contribution < 1.29 is 23.4 Å². The van der Waals surface area contributed by atoms with Gasteiger partial charge in [0.2, 0.25) is 10.0 Å². The monoisotopic (exact) mass is 379 g/mol. The second-order valence-electron chi connectivity index (χ2n) is 6.78. The van der Waals surface area contributed by atoms with Gasteiger partial charge in [-0.3, -0.25) is 0 Å². The molecule has 1 unspecified atom stereocenters. The standard InChI is InChI=1S/C19H25NO5S/c1-19(2,14-4-8-16(21)9-5-14)15-6-10-18(11-7-15)25-13-17(22)12-20-26(3,23)24/h4-11,17,20-22H,12-13H2,1-3H3. The van der Waals surface area contributed by atoms with Gasteiger partial charge in [-0.1, -0.05) is 38.1 Å². The molecule has 0 aromatic heterocycles. The lowest BCUT2D eigenvalue weighted by Crippen LogP contribution is -2.34. The third-order valence-electron chi connectivity index (χ3n) is 4.19. The lowest BCUT2D eigenvalue weighted by atomic mass is 9.78. The van der Waals surface area contributed by atoms with E-state index in [1.54, 1.807) is 12.1 Å². The molecule has 1 atom stereocenters. The second kappa shape index (κ2) is 8.07. The van der Waals surface area contributed by atoms with Crippen LogP contribution in [-0.2, 0) is 15.4 Å². The van der Waals surface area contributed by atoms with Crippen LogP contribution in [0.1, 0.15) is 25.0 Å². The lowest BCUT2D eigenvalue weighted by molar-refractivity contribution is 0.111. The van der Waals surface area contributed by atoms with Gasteiger partial charge in [0.1, 0.15) is 24.2 Å². The molecule has 0 heterocycles. The average molecular weight is 379 g/mol. The maximum Gasteiger partial charge on any atom is 0.208 e. The van der Waals surface area contributed by atoms with Crippen molar-refractivity contribution >= 4 is 10.0 Å². The summed E-state index contributed by atoms with van der Waals surface area (Å²) in [7, 11) is -3.33. The molecule has 142 valence electrons. The number of nitrogens with one attached hydrogen (secondary N) is 1. The van der Waals surface area contributed by atoms with Crippen LogP contribution in [0.15, 0.2) is 48.5 Å². The van der Waals surface area contributed by atoms with Gasteiger partial charge in [0.15, 0.2) is 0 Å². The molecule has 7 heteroatoms. The van der Waals surface area contributed by atoms with E-state index < -0.39 is 16.1 Å². The van der Waals surface area contributed by atoms with Gasteiger partial charge in [0, 0.05) is 12.0 Å². The van der Waals surface area contributed by atoms with E-state index in [2.05, 4.69) is 18.6 Å². The van der Waals surface area contributed by atoms with Crippen molar-refractivity contribution in [3.63, 3.8) is 0 Å².